The zero-order valence-electron chi connectivity index (χ0n) is 14.4. The molecule has 2 nitrogen and oxygen atoms in total. The number of rotatable bonds is 0. The molecule has 0 saturated heterocycles. The standard InChI is InChI=1S/C24H10O2S2/c25-21-15-10-14-16(22(26)24-20(14)12-6-2-4-8-18(12)28-24)9-13(15)19-11-5-1-3-7-17(11)27-23(19)21/h1-10H. The zero-order valence-corrected chi connectivity index (χ0v) is 16.0. The van der Waals surface area contributed by atoms with E-state index in [-0.39, 0.29) is 10.9 Å². The molecule has 0 amide bonds. The van der Waals surface area contributed by atoms with E-state index in [0.29, 0.717) is 0 Å². The summed E-state index contributed by atoms with van der Waals surface area (Å²) >= 11 is 3.09. The van der Waals surface area contributed by atoms with Gasteiger partial charge in [0.1, 0.15) is 0 Å². The molecule has 0 radical (unpaired) electrons. The minimum Gasteiger partial charge on any atom is -0.288 e. The predicted molar refractivity (Wildman–Crippen MR) is 122 cm³/mol. The van der Waals surface area contributed by atoms with Gasteiger partial charge in [-0.3, -0.25) is 9.59 Å². The summed E-state index contributed by atoms with van der Waals surface area (Å²) in [6.45, 7) is 0. The lowest BCUT2D eigenvalue weighted by atomic mass is 10.1. The molecular weight excluding hydrogens is 384 g/mol. The van der Waals surface area contributed by atoms with Gasteiger partial charge in [0.15, 0.2) is 0 Å². The van der Waals surface area contributed by atoms with E-state index in [2.05, 4.69) is 12.1 Å². The quantitative estimate of drug-likeness (QED) is 0.301. The third kappa shape index (κ3) is 1.60. The van der Waals surface area contributed by atoms with Gasteiger partial charge in [-0.2, -0.15) is 0 Å². The normalized spacial score (nSPS) is 12.6. The Kier molecular flexibility index (Phi) is 2.58. The van der Waals surface area contributed by atoms with Gasteiger partial charge in [-0.1, -0.05) is 36.4 Å². The molecule has 0 spiro atoms. The molecule has 5 aromatic carbocycles. The van der Waals surface area contributed by atoms with Crippen LogP contribution in [0.3, 0.4) is 0 Å². The largest absolute Gasteiger partial charge is 0.288 e. The lowest BCUT2D eigenvalue weighted by molar-refractivity contribution is 1.87. The molecule has 0 fully saturated rings. The molecule has 28 heavy (non-hydrogen) atoms. The Bertz CT molecular complexity index is 1720. The number of thiophene rings is 2. The first kappa shape index (κ1) is 14.9. The minimum atomic E-state index is 0.0782. The third-order valence-electron chi connectivity index (χ3n) is 5.79. The molecule has 2 aromatic heterocycles. The van der Waals surface area contributed by atoms with Crippen LogP contribution in [0.4, 0.5) is 0 Å². The number of hydrogen-bond acceptors (Lipinski definition) is 4. The monoisotopic (exact) mass is 394 g/mol. The fraction of sp³-hybridized carbons (Fsp3) is 0. The summed E-state index contributed by atoms with van der Waals surface area (Å²) < 4.78 is 3.82. The molecule has 130 valence electrons. The van der Waals surface area contributed by atoms with Crippen molar-refractivity contribution in [3.05, 3.63) is 81.1 Å². The Morgan fingerprint density at radius 2 is 0.929 bits per heavy atom. The third-order valence-corrected chi connectivity index (χ3v) is 8.13. The van der Waals surface area contributed by atoms with E-state index in [0.717, 1.165) is 61.9 Å². The fourth-order valence-electron chi connectivity index (χ4n) is 4.58. The predicted octanol–water partition coefficient (Wildman–Crippen LogP) is 6.32. The van der Waals surface area contributed by atoms with Crippen molar-refractivity contribution in [1.82, 2.24) is 0 Å². The summed E-state index contributed by atoms with van der Waals surface area (Å²) in [4.78, 5) is 26.4. The van der Waals surface area contributed by atoms with Gasteiger partial charge in [-0.25, -0.2) is 0 Å². The Balaban J connectivity index is 1.78. The van der Waals surface area contributed by atoms with Gasteiger partial charge in [0.2, 0.25) is 10.9 Å². The van der Waals surface area contributed by atoms with Crippen LogP contribution < -0.4 is 10.9 Å². The lowest BCUT2D eigenvalue weighted by Crippen LogP contribution is -1.94. The van der Waals surface area contributed by atoms with Crippen molar-refractivity contribution >= 4 is 84.6 Å². The van der Waals surface area contributed by atoms with E-state index in [9.17, 15) is 9.59 Å². The number of benzene rings is 3. The van der Waals surface area contributed by atoms with Crippen LogP contribution >= 0.6 is 22.7 Å². The van der Waals surface area contributed by atoms with Crippen molar-refractivity contribution in [2.75, 3.05) is 0 Å². The zero-order chi connectivity index (χ0) is 18.6. The SMILES string of the molecule is O=c1c2cc3c(cc2c2c1sc1ccccc12)c(=O)c1sc2ccccc2c13. The summed E-state index contributed by atoms with van der Waals surface area (Å²) in [6, 6.07) is 20.1. The number of hydrogen-bond donors (Lipinski definition) is 0. The molecule has 7 aromatic rings. The van der Waals surface area contributed by atoms with Gasteiger partial charge >= 0.3 is 0 Å². The van der Waals surface area contributed by atoms with E-state index >= 15 is 0 Å². The summed E-state index contributed by atoms with van der Waals surface area (Å²) in [5.41, 5.74) is 0.156. The van der Waals surface area contributed by atoms with Crippen molar-refractivity contribution < 1.29 is 0 Å². The molecular formula is C24H10O2S2. The van der Waals surface area contributed by atoms with Crippen LogP contribution in [0.1, 0.15) is 0 Å². The molecule has 4 heteroatoms. The van der Waals surface area contributed by atoms with Gasteiger partial charge in [-0.15, -0.1) is 22.7 Å². The van der Waals surface area contributed by atoms with Gasteiger partial charge in [0.25, 0.3) is 0 Å². The first-order chi connectivity index (χ1) is 13.7. The van der Waals surface area contributed by atoms with Crippen LogP contribution in [0.25, 0.3) is 61.9 Å². The van der Waals surface area contributed by atoms with Crippen LogP contribution in [0, 0.1) is 0 Å². The van der Waals surface area contributed by atoms with E-state index in [1.54, 1.807) is 22.7 Å². The van der Waals surface area contributed by atoms with Crippen molar-refractivity contribution in [3.8, 4) is 0 Å². The van der Waals surface area contributed by atoms with E-state index in [1.807, 2.05) is 48.5 Å². The van der Waals surface area contributed by atoms with E-state index in [1.165, 1.54) is 0 Å². The molecule has 2 heterocycles. The highest BCUT2D eigenvalue weighted by Gasteiger charge is 2.21. The first-order valence-electron chi connectivity index (χ1n) is 9.03. The maximum absolute atomic E-state index is 13.2. The highest BCUT2D eigenvalue weighted by molar-refractivity contribution is 7.26. The fourth-order valence-corrected chi connectivity index (χ4v) is 6.92. The molecule has 0 aliphatic rings. The average Bonchev–Trinajstić information content (AvgIpc) is 3.42. The van der Waals surface area contributed by atoms with Crippen molar-refractivity contribution in [3.63, 3.8) is 0 Å². The van der Waals surface area contributed by atoms with Crippen LogP contribution in [-0.4, -0.2) is 0 Å². The van der Waals surface area contributed by atoms with Gasteiger partial charge < -0.3 is 0 Å². The molecule has 7 rings (SSSR count). The molecule has 0 N–H and O–H groups in total. The summed E-state index contributed by atoms with van der Waals surface area (Å²) in [5, 5.41) is 7.45. The second-order valence-corrected chi connectivity index (χ2v) is 9.31. The second-order valence-electron chi connectivity index (χ2n) is 7.21. The highest BCUT2D eigenvalue weighted by atomic mass is 32.1. The van der Waals surface area contributed by atoms with Crippen LogP contribution in [0.2, 0.25) is 0 Å². The van der Waals surface area contributed by atoms with Crippen LogP contribution in [-0.2, 0) is 0 Å². The maximum atomic E-state index is 13.2. The highest BCUT2D eigenvalue weighted by Crippen LogP contribution is 2.42. The Hall–Kier alpha value is -3.08. The Labute approximate surface area is 165 Å². The first-order valence-corrected chi connectivity index (χ1v) is 10.7. The van der Waals surface area contributed by atoms with Gasteiger partial charge in [0, 0.05) is 41.7 Å². The minimum absolute atomic E-state index is 0.0782. The van der Waals surface area contributed by atoms with Crippen molar-refractivity contribution in [2.24, 2.45) is 0 Å². The summed E-state index contributed by atoms with van der Waals surface area (Å²) in [5.74, 6) is 0. The van der Waals surface area contributed by atoms with Crippen LogP contribution in [0.15, 0.2) is 70.3 Å². The molecule has 0 aliphatic heterocycles. The molecule has 0 aliphatic carbocycles. The smallest absolute Gasteiger partial charge is 0.204 e. The van der Waals surface area contributed by atoms with E-state index in [4.69, 9.17) is 0 Å². The van der Waals surface area contributed by atoms with Gasteiger partial charge in [0.05, 0.1) is 9.40 Å². The van der Waals surface area contributed by atoms with Gasteiger partial charge in [-0.05, 0) is 35.0 Å². The molecule has 0 atom stereocenters. The second kappa shape index (κ2) is 4.85. The molecule has 0 saturated carbocycles. The Morgan fingerprint density at radius 1 is 0.500 bits per heavy atom. The molecule has 0 bridgehead atoms. The molecule has 0 unspecified atom stereocenters. The lowest BCUT2D eigenvalue weighted by Gasteiger charge is -1.96. The van der Waals surface area contributed by atoms with E-state index < -0.39 is 0 Å². The topological polar surface area (TPSA) is 34.1 Å². The maximum Gasteiger partial charge on any atom is 0.204 e. The summed E-state index contributed by atoms with van der Waals surface area (Å²) in [6.07, 6.45) is 0. The van der Waals surface area contributed by atoms with Crippen LogP contribution in [0.5, 0.6) is 0 Å². The Morgan fingerprint density at radius 3 is 1.39 bits per heavy atom. The summed E-state index contributed by atoms with van der Waals surface area (Å²) in [7, 11) is 0. The average molecular weight is 394 g/mol. The van der Waals surface area contributed by atoms with Crippen molar-refractivity contribution in [1.29, 1.82) is 0 Å². The van der Waals surface area contributed by atoms with Crippen molar-refractivity contribution in [2.45, 2.75) is 0 Å². The number of fused-ring (bicyclic) bond motifs is 10.